The highest BCUT2D eigenvalue weighted by molar-refractivity contribution is 5.95. The molecule has 7 nitrogen and oxygen atoms in total. The first kappa shape index (κ1) is 19.6. The van der Waals surface area contributed by atoms with E-state index in [0.717, 1.165) is 18.4 Å². The van der Waals surface area contributed by atoms with E-state index >= 15 is 0 Å². The zero-order valence-corrected chi connectivity index (χ0v) is 15.7. The van der Waals surface area contributed by atoms with Gasteiger partial charge >= 0.3 is 12.0 Å². The van der Waals surface area contributed by atoms with Gasteiger partial charge < -0.3 is 24.8 Å². The number of urea groups is 1. The van der Waals surface area contributed by atoms with Crippen molar-refractivity contribution in [1.82, 2.24) is 10.6 Å². The molecule has 1 aliphatic rings. The molecule has 2 N–H and O–H groups in total. The van der Waals surface area contributed by atoms with Crippen molar-refractivity contribution >= 4 is 12.0 Å². The fourth-order valence-corrected chi connectivity index (χ4v) is 2.90. The third-order valence-electron chi connectivity index (χ3n) is 4.17. The van der Waals surface area contributed by atoms with Crippen LogP contribution in [-0.2, 0) is 9.53 Å². The summed E-state index contributed by atoms with van der Waals surface area (Å²) in [5.41, 5.74) is 1.75. The highest BCUT2D eigenvalue weighted by atomic mass is 16.5. The molecule has 0 fully saturated rings. The lowest BCUT2D eigenvalue weighted by Gasteiger charge is -2.29. The average molecular weight is 362 g/mol. The van der Waals surface area contributed by atoms with E-state index in [1.807, 2.05) is 0 Å². The van der Waals surface area contributed by atoms with Gasteiger partial charge in [0, 0.05) is 5.70 Å². The van der Waals surface area contributed by atoms with E-state index in [2.05, 4.69) is 17.6 Å². The van der Waals surface area contributed by atoms with Crippen molar-refractivity contribution in [2.45, 2.75) is 39.2 Å². The van der Waals surface area contributed by atoms with Crippen LogP contribution in [0.25, 0.3) is 0 Å². The number of benzene rings is 1. The number of nitrogens with one attached hydrogen (secondary N) is 2. The van der Waals surface area contributed by atoms with Crippen LogP contribution >= 0.6 is 0 Å². The predicted molar refractivity (Wildman–Crippen MR) is 97.1 cm³/mol. The van der Waals surface area contributed by atoms with Gasteiger partial charge in [0.2, 0.25) is 0 Å². The summed E-state index contributed by atoms with van der Waals surface area (Å²) in [6.07, 6.45) is 2.41. The number of esters is 1. The molecule has 0 saturated heterocycles. The van der Waals surface area contributed by atoms with Crippen molar-refractivity contribution in [3.63, 3.8) is 0 Å². The third-order valence-corrected chi connectivity index (χ3v) is 4.17. The fraction of sp³-hybridized carbons (Fsp3) is 0.474. The van der Waals surface area contributed by atoms with Gasteiger partial charge in [0.05, 0.1) is 32.4 Å². The second-order valence-electron chi connectivity index (χ2n) is 5.86. The summed E-state index contributed by atoms with van der Waals surface area (Å²) in [4.78, 5) is 24.8. The molecule has 0 saturated carbocycles. The lowest BCUT2D eigenvalue weighted by molar-refractivity contribution is -0.139. The normalized spacial score (nSPS) is 16.6. The molecular formula is C19H26N2O5. The number of unbranched alkanes of at least 4 members (excludes halogenated alkanes) is 1. The molecule has 0 bridgehead atoms. The summed E-state index contributed by atoms with van der Waals surface area (Å²) in [7, 11) is 3.09. The number of hydrogen-bond acceptors (Lipinski definition) is 5. The number of allylic oxidation sites excluding steroid dienone is 1. The summed E-state index contributed by atoms with van der Waals surface area (Å²) in [6.45, 7) is 4.07. The summed E-state index contributed by atoms with van der Waals surface area (Å²) >= 11 is 0. The van der Waals surface area contributed by atoms with Crippen LogP contribution in [0.2, 0.25) is 0 Å². The van der Waals surface area contributed by atoms with E-state index in [9.17, 15) is 9.59 Å². The summed E-state index contributed by atoms with van der Waals surface area (Å²) in [6, 6.07) is 4.34. The van der Waals surface area contributed by atoms with Crippen molar-refractivity contribution < 1.29 is 23.8 Å². The predicted octanol–water partition coefficient (Wildman–Crippen LogP) is 3.07. The highest BCUT2D eigenvalue weighted by Crippen LogP contribution is 2.35. The van der Waals surface area contributed by atoms with Crippen molar-refractivity contribution in [3.8, 4) is 11.5 Å². The minimum atomic E-state index is -0.616. The van der Waals surface area contributed by atoms with Crippen molar-refractivity contribution in [2.24, 2.45) is 0 Å². The smallest absolute Gasteiger partial charge is 0.338 e. The van der Waals surface area contributed by atoms with Crippen molar-refractivity contribution in [2.75, 3.05) is 20.8 Å². The number of hydrogen-bond donors (Lipinski definition) is 2. The summed E-state index contributed by atoms with van der Waals surface area (Å²) < 4.78 is 15.8. The SMILES string of the molecule is CCCCC1=C(C(=O)OCC)C(c2ccc(OC)c(OC)c2)NC(=O)N1. The number of ether oxygens (including phenoxy) is 3. The largest absolute Gasteiger partial charge is 0.493 e. The maximum Gasteiger partial charge on any atom is 0.338 e. The molecule has 1 aromatic carbocycles. The molecule has 0 spiro atoms. The van der Waals surface area contributed by atoms with E-state index in [-0.39, 0.29) is 12.6 Å². The molecular weight excluding hydrogens is 336 g/mol. The Morgan fingerprint density at radius 2 is 1.88 bits per heavy atom. The van der Waals surface area contributed by atoms with Crippen LogP contribution in [0.4, 0.5) is 4.79 Å². The van der Waals surface area contributed by atoms with Crippen molar-refractivity contribution in [3.05, 3.63) is 35.0 Å². The van der Waals surface area contributed by atoms with Gasteiger partial charge in [-0.05, 0) is 37.5 Å². The first-order valence-corrected chi connectivity index (χ1v) is 8.75. The average Bonchev–Trinajstić information content (AvgIpc) is 2.65. The number of amides is 2. The minimum Gasteiger partial charge on any atom is -0.493 e. The first-order chi connectivity index (χ1) is 12.5. The zero-order valence-electron chi connectivity index (χ0n) is 15.7. The Morgan fingerprint density at radius 1 is 1.15 bits per heavy atom. The number of rotatable bonds is 8. The molecule has 2 rings (SSSR count). The van der Waals surface area contributed by atoms with Gasteiger partial charge in [-0.25, -0.2) is 9.59 Å². The van der Waals surface area contributed by atoms with Crippen molar-refractivity contribution in [1.29, 1.82) is 0 Å². The monoisotopic (exact) mass is 362 g/mol. The molecule has 26 heavy (non-hydrogen) atoms. The van der Waals surface area contributed by atoms with Crippen LogP contribution in [0.15, 0.2) is 29.5 Å². The Bertz CT molecular complexity index is 699. The van der Waals surface area contributed by atoms with Crippen LogP contribution in [0, 0.1) is 0 Å². The summed E-state index contributed by atoms with van der Waals surface area (Å²) in [5.74, 6) is 0.659. The van der Waals surface area contributed by atoms with Gasteiger partial charge in [0.1, 0.15) is 0 Å². The molecule has 1 aliphatic heterocycles. The maximum absolute atomic E-state index is 12.6. The number of carbonyl (C=O) groups excluding carboxylic acids is 2. The first-order valence-electron chi connectivity index (χ1n) is 8.75. The van der Waals surface area contributed by atoms with Crippen LogP contribution in [0.1, 0.15) is 44.7 Å². The lowest BCUT2D eigenvalue weighted by atomic mass is 9.93. The van der Waals surface area contributed by atoms with Gasteiger partial charge in [0.15, 0.2) is 11.5 Å². The molecule has 0 aromatic heterocycles. The van der Waals surface area contributed by atoms with Gasteiger partial charge in [0.25, 0.3) is 0 Å². The molecule has 0 radical (unpaired) electrons. The van der Waals surface area contributed by atoms with E-state index in [4.69, 9.17) is 14.2 Å². The van der Waals surface area contributed by atoms with Crippen LogP contribution < -0.4 is 20.1 Å². The van der Waals surface area contributed by atoms with Crippen LogP contribution in [-0.4, -0.2) is 32.8 Å². The second kappa shape index (κ2) is 9.12. The summed E-state index contributed by atoms with van der Waals surface area (Å²) in [5, 5.41) is 5.58. The lowest BCUT2D eigenvalue weighted by Crippen LogP contribution is -2.46. The number of carbonyl (C=O) groups is 2. The highest BCUT2D eigenvalue weighted by Gasteiger charge is 2.33. The fourth-order valence-electron chi connectivity index (χ4n) is 2.90. The zero-order chi connectivity index (χ0) is 19.1. The van der Waals surface area contributed by atoms with Gasteiger partial charge in [-0.2, -0.15) is 0 Å². The van der Waals surface area contributed by atoms with Crippen LogP contribution in [0.5, 0.6) is 11.5 Å². The molecule has 1 unspecified atom stereocenters. The van der Waals surface area contributed by atoms with E-state index in [0.29, 0.717) is 29.2 Å². The van der Waals surface area contributed by atoms with E-state index in [1.165, 1.54) is 7.11 Å². The standard InChI is InChI=1S/C19H26N2O5/c1-5-7-8-13-16(18(22)26-6-2)17(21-19(23)20-13)12-9-10-14(24-3)15(11-12)25-4/h9-11,17H,5-8H2,1-4H3,(H2,20,21,23). The topological polar surface area (TPSA) is 85.9 Å². The molecule has 1 atom stereocenters. The Kier molecular flexibility index (Phi) is 6.89. The second-order valence-corrected chi connectivity index (χ2v) is 5.86. The Morgan fingerprint density at radius 3 is 2.50 bits per heavy atom. The molecule has 142 valence electrons. The Hall–Kier alpha value is -2.70. The molecule has 1 aromatic rings. The molecule has 0 aliphatic carbocycles. The van der Waals surface area contributed by atoms with Crippen LogP contribution in [0.3, 0.4) is 0 Å². The quantitative estimate of drug-likeness (QED) is 0.694. The van der Waals surface area contributed by atoms with Gasteiger partial charge in [-0.1, -0.05) is 19.4 Å². The van der Waals surface area contributed by atoms with Gasteiger partial charge in [-0.15, -0.1) is 0 Å². The van der Waals surface area contributed by atoms with E-state index in [1.54, 1.807) is 32.2 Å². The molecule has 2 amide bonds. The third kappa shape index (κ3) is 4.28. The number of methoxy groups -OCH3 is 2. The maximum atomic E-state index is 12.6. The Labute approximate surface area is 153 Å². The Balaban J connectivity index is 2.51. The van der Waals surface area contributed by atoms with Gasteiger partial charge in [-0.3, -0.25) is 0 Å². The minimum absolute atomic E-state index is 0.260. The molecule has 7 heteroatoms. The van der Waals surface area contributed by atoms with E-state index < -0.39 is 12.0 Å². The molecule has 1 heterocycles.